The highest BCUT2D eigenvalue weighted by molar-refractivity contribution is 5.88. The monoisotopic (exact) mass is 273 g/mol. The molecule has 0 unspecified atom stereocenters. The number of benzene rings is 2. The second-order valence-electron chi connectivity index (χ2n) is 4.81. The van der Waals surface area contributed by atoms with E-state index in [-0.39, 0.29) is 11.3 Å². The molecule has 0 bridgehead atoms. The van der Waals surface area contributed by atoms with E-state index in [0.717, 1.165) is 11.1 Å². The fraction of sp³-hybridized carbons (Fsp3) is 0.188. The van der Waals surface area contributed by atoms with E-state index in [1.807, 2.05) is 31.2 Å². The Morgan fingerprint density at radius 1 is 1.20 bits per heavy atom. The summed E-state index contributed by atoms with van der Waals surface area (Å²) in [5.74, 6) is -1.49. The lowest BCUT2D eigenvalue weighted by Crippen LogP contribution is -2.18. The van der Waals surface area contributed by atoms with Gasteiger partial charge in [-0.1, -0.05) is 29.8 Å². The zero-order valence-corrected chi connectivity index (χ0v) is 11.4. The Labute approximate surface area is 117 Å². The number of carboxylic acid groups (broad SMARTS) is 1. The van der Waals surface area contributed by atoms with Gasteiger partial charge < -0.3 is 10.0 Å². The van der Waals surface area contributed by atoms with Gasteiger partial charge in [-0.05, 0) is 30.7 Å². The SMILES string of the molecule is Cc1ccc(CN(C)c2cc(C(=O)O)ccc2F)cc1. The maximum atomic E-state index is 13.8. The number of anilines is 1. The van der Waals surface area contributed by atoms with Crippen LogP contribution in [0.3, 0.4) is 0 Å². The van der Waals surface area contributed by atoms with Crippen molar-refractivity contribution in [3.05, 3.63) is 65.0 Å². The lowest BCUT2D eigenvalue weighted by Gasteiger charge is -2.20. The second kappa shape index (κ2) is 5.74. The van der Waals surface area contributed by atoms with E-state index in [1.165, 1.54) is 18.2 Å². The van der Waals surface area contributed by atoms with Gasteiger partial charge in [0.2, 0.25) is 0 Å². The molecule has 104 valence electrons. The molecule has 0 aliphatic carbocycles. The first-order chi connectivity index (χ1) is 9.47. The van der Waals surface area contributed by atoms with Crippen molar-refractivity contribution < 1.29 is 14.3 Å². The van der Waals surface area contributed by atoms with Crippen molar-refractivity contribution in [3.63, 3.8) is 0 Å². The first kappa shape index (κ1) is 14.1. The number of rotatable bonds is 4. The van der Waals surface area contributed by atoms with Crippen LogP contribution < -0.4 is 4.90 Å². The van der Waals surface area contributed by atoms with Crippen molar-refractivity contribution in [1.82, 2.24) is 0 Å². The highest BCUT2D eigenvalue weighted by Gasteiger charge is 2.12. The maximum absolute atomic E-state index is 13.8. The molecule has 0 fully saturated rings. The number of halogens is 1. The Balaban J connectivity index is 2.24. The Morgan fingerprint density at radius 2 is 1.85 bits per heavy atom. The zero-order valence-electron chi connectivity index (χ0n) is 11.4. The van der Waals surface area contributed by atoms with Crippen molar-refractivity contribution in [1.29, 1.82) is 0 Å². The average molecular weight is 273 g/mol. The van der Waals surface area contributed by atoms with E-state index >= 15 is 0 Å². The predicted octanol–water partition coefficient (Wildman–Crippen LogP) is 3.47. The average Bonchev–Trinajstić information content (AvgIpc) is 2.41. The van der Waals surface area contributed by atoms with Crippen molar-refractivity contribution in [2.24, 2.45) is 0 Å². The summed E-state index contributed by atoms with van der Waals surface area (Å²) >= 11 is 0. The Morgan fingerprint density at radius 3 is 2.45 bits per heavy atom. The van der Waals surface area contributed by atoms with Crippen LogP contribution in [0.4, 0.5) is 10.1 Å². The van der Waals surface area contributed by atoms with Gasteiger partial charge in [0.25, 0.3) is 0 Å². The van der Waals surface area contributed by atoms with Crippen LogP contribution in [0.15, 0.2) is 42.5 Å². The minimum absolute atomic E-state index is 0.0807. The minimum atomic E-state index is -1.06. The van der Waals surface area contributed by atoms with Crippen LogP contribution in [0.1, 0.15) is 21.5 Å². The van der Waals surface area contributed by atoms with Crippen molar-refractivity contribution in [2.45, 2.75) is 13.5 Å². The topological polar surface area (TPSA) is 40.5 Å². The molecular weight excluding hydrogens is 257 g/mol. The highest BCUT2D eigenvalue weighted by atomic mass is 19.1. The molecule has 3 nitrogen and oxygen atoms in total. The van der Waals surface area contributed by atoms with Gasteiger partial charge in [-0.25, -0.2) is 9.18 Å². The van der Waals surface area contributed by atoms with Crippen LogP contribution >= 0.6 is 0 Å². The van der Waals surface area contributed by atoms with Crippen LogP contribution in [0.2, 0.25) is 0 Å². The third-order valence-corrected chi connectivity index (χ3v) is 3.14. The Hall–Kier alpha value is -2.36. The van der Waals surface area contributed by atoms with Gasteiger partial charge in [0.1, 0.15) is 5.82 Å². The molecule has 1 N–H and O–H groups in total. The summed E-state index contributed by atoms with van der Waals surface area (Å²) in [4.78, 5) is 12.6. The summed E-state index contributed by atoms with van der Waals surface area (Å²) in [6, 6.07) is 11.7. The van der Waals surface area contributed by atoms with E-state index in [4.69, 9.17) is 5.11 Å². The lowest BCUT2D eigenvalue weighted by atomic mass is 10.1. The van der Waals surface area contributed by atoms with Crippen LogP contribution in [-0.4, -0.2) is 18.1 Å². The maximum Gasteiger partial charge on any atom is 0.335 e. The van der Waals surface area contributed by atoms with Crippen molar-refractivity contribution >= 4 is 11.7 Å². The molecule has 4 heteroatoms. The van der Waals surface area contributed by atoms with Crippen LogP contribution in [0, 0.1) is 12.7 Å². The number of nitrogens with zero attached hydrogens (tertiary/aromatic N) is 1. The molecule has 2 aromatic rings. The summed E-state index contributed by atoms with van der Waals surface area (Å²) in [6.45, 7) is 2.52. The molecule has 0 amide bonds. The van der Waals surface area contributed by atoms with Gasteiger partial charge in [-0.15, -0.1) is 0 Å². The fourth-order valence-electron chi connectivity index (χ4n) is 1.99. The van der Waals surface area contributed by atoms with Gasteiger partial charge in [0, 0.05) is 13.6 Å². The third-order valence-electron chi connectivity index (χ3n) is 3.14. The molecule has 0 radical (unpaired) electrons. The molecule has 0 heterocycles. The predicted molar refractivity (Wildman–Crippen MR) is 76.6 cm³/mol. The number of hydrogen-bond acceptors (Lipinski definition) is 2. The third kappa shape index (κ3) is 3.15. The molecular formula is C16H16FNO2. The lowest BCUT2D eigenvalue weighted by molar-refractivity contribution is 0.0697. The molecule has 0 saturated carbocycles. The first-order valence-electron chi connectivity index (χ1n) is 6.27. The number of carboxylic acids is 1. The smallest absolute Gasteiger partial charge is 0.335 e. The largest absolute Gasteiger partial charge is 0.478 e. The normalized spacial score (nSPS) is 10.3. The Bertz CT molecular complexity index is 623. The number of aromatic carboxylic acids is 1. The van der Waals surface area contributed by atoms with Gasteiger partial charge in [-0.3, -0.25) is 0 Å². The van der Waals surface area contributed by atoms with Crippen LogP contribution in [0.5, 0.6) is 0 Å². The molecule has 20 heavy (non-hydrogen) atoms. The minimum Gasteiger partial charge on any atom is -0.478 e. The molecule has 2 rings (SSSR count). The summed E-state index contributed by atoms with van der Waals surface area (Å²) in [5, 5.41) is 8.96. The van der Waals surface area contributed by atoms with Gasteiger partial charge in [-0.2, -0.15) is 0 Å². The molecule has 0 spiro atoms. The fourth-order valence-corrected chi connectivity index (χ4v) is 1.99. The molecule has 0 aliphatic rings. The quantitative estimate of drug-likeness (QED) is 0.927. The second-order valence-corrected chi connectivity index (χ2v) is 4.81. The first-order valence-corrected chi connectivity index (χ1v) is 6.27. The number of carbonyl (C=O) groups is 1. The number of hydrogen-bond donors (Lipinski definition) is 1. The summed E-state index contributed by atoms with van der Waals surface area (Å²) in [5.41, 5.74) is 2.57. The van der Waals surface area contributed by atoms with Crippen molar-refractivity contribution in [2.75, 3.05) is 11.9 Å². The summed E-state index contributed by atoms with van der Waals surface area (Å²) in [7, 11) is 1.74. The van der Waals surface area contributed by atoms with Crippen LogP contribution in [0.25, 0.3) is 0 Å². The van der Waals surface area contributed by atoms with E-state index < -0.39 is 11.8 Å². The van der Waals surface area contributed by atoms with Gasteiger partial charge >= 0.3 is 5.97 Å². The van der Waals surface area contributed by atoms with Gasteiger partial charge in [0.05, 0.1) is 11.3 Å². The molecule has 0 aromatic heterocycles. The van der Waals surface area contributed by atoms with E-state index in [0.29, 0.717) is 6.54 Å². The van der Waals surface area contributed by atoms with Gasteiger partial charge in [0.15, 0.2) is 0 Å². The highest BCUT2D eigenvalue weighted by Crippen LogP contribution is 2.22. The Kier molecular flexibility index (Phi) is 4.03. The van der Waals surface area contributed by atoms with E-state index in [1.54, 1.807) is 11.9 Å². The summed E-state index contributed by atoms with van der Waals surface area (Å²) < 4.78 is 13.8. The standard InChI is InChI=1S/C16H16FNO2/c1-11-3-5-12(6-4-11)10-18(2)15-9-13(16(19)20)7-8-14(15)17/h3-9H,10H2,1-2H3,(H,19,20). The zero-order chi connectivity index (χ0) is 14.7. The van der Waals surface area contributed by atoms with Crippen molar-refractivity contribution in [3.8, 4) is 0 Å². The van der Waals surface area contributed by atoms with E-state index in [9.17, 15) is 9.18 Å². The number of aryl methyl sites for hydroxylation is 1. The van der Waals surface area contributed by atoms with Crippen LogP contribution in [-0.2, 0) is 6.54 Å². The molecule has 2 aromatic carbocycles. The van der Waals surface area contributed by atoms with E-state index in [2.05, 4.69) is 0 Å². The molecule has 0 atom stereocenters. The molecule has 0 aliphatic heterocycles. The summed E-state index contributed by atoms with van der Waals surface area (Å²) in [6.07, 6.45) is 0. The molecule has 0 saturated heterocycles.